The molecule has 0 heterocycles. The van der Waals surface area contributed by atoms with Gasteiger partial charge in [-0.25, -0.2) is 0 Å². The van der Waals surface area contributed by atoms with Gasteiger partial charge in [-0.15, -0.1) is 0 Å². The molecule has 0 aromatic heterocycles. The van der Waals surface area contributed by atoms with Crippen LogP contribution in [0.4, 0.5) is 0 Å². The van der Waals surface area contributed by atoms with Gasteiger partial charge in [0.15, 0.2) is 0 Å². The van der Waals surface area contributed by atoms with Gasteiger partial charge in [0.25, 0.3) is 0 Å². The number of aliphatic hydroxyl groups is 2. The highest BCUT2D eigenvalue weighted by atomic mass is 16.3. The summed E-state index contributed by atoms with van der Waals surface area (Å²) >= 11 is 0. The molecule has 2 nitrogen and oxygen atoms in total. The van der Waals surface area contributed by atoms with Gasteiger partial charge in [-0.2, -0.15) is 0 Å². The summed E-state index contributed by atoms with van der Waals surface area (Å²) in [6.45, 7) is 11.8. The molecule has 0 saturated heterocycles. The third-order valence-electron chi connectivity index (χ3n) is 11.0. The molecule has 0 radical (unpaired) electrons. The van der Waals surface area contributed by atoms with Crippen LogP contribution in [-0.4, -0.2) is 21.9 Å². The van der Waals surface area contributed by atoms with Crippen LogP contribution in [0.5, 0.6) is 0 Å². The van der Waals surface area contributed by atoms with E-state index < -0.39 is 5.60 Å². The fraction of sp³-hybridized carbons (Fsp3) is 0.929. The van der Waals surface area contributed by atoms with Crippen molar-refractivity contribution >= 4 is 0 Å². The lowest BCUT2D eigenvalue weighted by atomic mass is 9.46. The Balaban J connectivity index is 1.50. The summed E-state index contributed by atoms with van der Waals surface area (Å²) in [6.07, 6.45) is 16.8. The predicted molar refractivity (Wildman–Crippen MR) is 125 cm³/mol. The minimum Gasteiger partial charge on any atom is -0.393 e. The maximum Gasteiger partial charge on any atom is 0.0682 e. The zero-order valence-corrected chi connectivity index (χ0v) is 20.4. The summed E-state index contributed by atoms with van der Waals surface area (Å²) in [6, 6.07) is 0. The van der Waals surface area contributed by atoms with Crippen molar-refractivity contribution in [3.8, 4) is 0 Å². The first-order chi connectivity index (χ1) is 14.1. The summed E-state index contributed by atoms with van der Waals surface area (Å²) in [7, 11) is 0. The van der Waals surface area contributed by atoms with Crippen LogP contribution in [0.15, 0.2) is 11.6 Å². The highest BCUT2D eigenvalue weighted by Crippen LogP contribution is 2.67. The molecular formula is C28H48O2. The topological polar surface area (TPSA) is 40.5 Å². The van der Waals surface area contributed by atoms with E-state index in [0.29, 0.717) is 10.8 Å². The van der Waals surface area contributed by atoms with Crippen LogP contribution >= 0.6 is 0 Å². The summed E-state index contributed by atoms with van der Waals surface area (Å²) in [5, 5.41) is 20.6. The lowest BCUT2D eigenvalue weighted by molar-refractivity contribution is -0.0755. The zero-order chi connectivity index (χ0) is 21.7. The molecule has 4 rings (SSSR count). The van der Waals surface area contributed by atoms with Gasteiger partial charge in [0, 0.05) is 0 Å². The second-order valence-electron chi connectivity index (χ2n) is 12.5. The van der Waals surface area contributed by atoms with Crippen molar-refractivity contribution in [2.45, 2.75) is 123 Å². The minimum atomic E-state index is -0.443. The Morgan fingerprint density at radius 1 is 1.03 bits per heavy atom. The maximum atomic E-state index is 11.0. The van der Waals surface area contributed by atoms with Crippen molar-refractivity contribution in [2.75, 3.05) is 0 Å². The van der Waals surface area contributed by atoms with Gasteiger partial charge in [0.05, 0.1) is 11.7 Å². The van der Waals surface area contributed by atoms with Gasteiger partial charge in [-0.05, 0) is 112 Å². The molecular weight excluding hydrogens is 368 g/mol. The van der Waals surface area contributed by atoms with Crippen molar-refractivity contribution in [2.24, 2.45) is 40.4 Å². The zero-order valence-electron chi connectivity index (χ0n) is 20.4. The third kappa shape index (κ3) is 3.72. The van der Waals surface area contributed by atoms with Crippen LogP contribution in [0.2, 0.25) is 0 Å². The van der Waals surface area contributed by atoms with E-state index in [2.05, 4.69) is 33.8 Å². The first-order valence-electron chi connectivity index (χ1n) is 13.2. The average molecular weight is 417 g/mol. The summed E-state index contributed by atoms with van der Waals surface area (Å²) in [4.78, 5) is 0. The van der Waals surface area contributed by atoms with E-state index in [1.165, 1.54) is 51.4 Å². The molecule has 0 unspecified atom stereocenters. The van der Waals surface area contributed by atoms with E-state index in [0.717, 1.165) is 55.3 Å². The fourth-order valence-electron chi connectivity index (χ4n) is 8.93. The van der Waals surface area contributed by atoms with Crippen LogP contribution in [0.1, 0.15) is 112 Å². The number of fused-ring (bicyclic) bond motifs is 5. The Hall–Kier alpha value is -0.340. The largest absolute Gasteiger partial charge is 0.393 e. The molecule has 4 aliphatic carbocycles. The molecule has 30 heavy (non-hydrogen) atoms. The highest BCUT2D eigenvalue weighted by Gasteiger charge is 2.59. The van der Waals surface area contributed by atoms with Crippen molar-refractivity contribution in [1.29, 1.82) is 0 Å². The van der Waals surface area contributed by atoms with Gasteiger partial charge in [-0.1, -0.05) is 52.2 Å². The Kier molecular flexibility index (Phi) is 6.26. The molecule has 9 atom stereocenters. The molecule has 4 aliphatic rings. The van der Waals surface area contributed by atoms with E-state index in [4.69, 9.17) is 0 Å². The SMILES string of the molecule is CC[C@]1(O)CC[C@@]2(C)C(=CC[C@H]3[C@@H]4CC[C@H]([C@H](C)CCC[C@H](C)O)[C@@]4(C)CC[C@@H]32)C1. The van der Waals surface area contributed by atoms with E-state index in [1.54, 1.807) is 5.57 Å². The molecule has 0 aromatic carbocycles. The average Bonchev–Trinajstić information content (AvgIpc) is 3.05. The van der Waals surface area contributed by atoms with Crippen molar-refractivity contribution in [3.05, 3.63) is 11.6 Å². The predicted octanol–water partition coefficient (Wildman–Crippen LogP) is 6.89. The normalized spacial score (nSPS) is 47.6. The lowest BCUT2D eigenvalue weighted by Crippen LogP contribution is -2.52. The second kappa shape index (κ2) is 8.22. The van der Waals surface area contributed by atoms with E-state index in [-0.39, 0.29) is 6.10 Å². The minimum absolute atomic E-state index is 0.149. The molecule has 0 aromatic rings. The number of allylic oxidation sites excluding steroid dienone is 1. The number of rotatable bonds is 6. The second-order valence-corrected chi connectivity index (χ2v) is 12.5. The van der Waals surface area contributed by atoms with Crippen LogP contribution in [0.3, 0.4) is 0 Å². The first-order valence-corrected chi connectivity index (χ1v) is 13.2. The van der Waals surface area contributed by atoms with Gasteiger partial charge in [0.1, 0.15) is 0 Å². The molecule has 3 fully saturated rings. The summed E-state index contributed by atoms with van der Waals surface area (Å²) < 4.78 is 0. The standard InChI is InChI=1S/C28H48O2/c1-6-28(30)17-16-26(4)21(18-28)10-11-22-24-13-12-23(19(2)8-7-9-20(3)29)27(24,5)15-14-25(22)26/h10,19-20,22-25,29-30H,6-9,11-18H2,1-5H3/t19-,20+,22+,23-,24+,25+,26+,27-,28+/m1/s1. The maximum absolute atomic E-state index is 11.0. The van der Waals surface area contributed by atoms with Crippen LogP contribution in [0.25, 0.3) is 0 Å². The Morgan fingerprint density at radius 3 is 2.50 bits per heavy atom. The highest BCUT2D eigenvalue weighted by molar-refractivity contribution is 5.27. The van der Waals surface area contributed by atoms with Gasteiger partial charge in [0.2, 0.25) is 0 Å². The number of aliphatic hydroxyl groups excluding tert-OH is 1. The molecule has 3 saturated carbocycles. The fourth-order valence-corrected chi connectivity index (χ4v) is 8.93. The molecule has 172 valence electrons. The van der Waals surface area contributed by atoms with Crippen LogP contribution in [-0.2, 0) is 0 Å². The van der Waals surface area contributed by atoms with Gasteiger partial charge >= 0.3 is 0 Å². The lowest BCUT2D eigenvalue weighted by Gasteiger charge is -2.59. The van der Waals surface area contributed by atoms with Gasteiger partial charge in [-0.3, -0.25) is 0 Å². The molecule has 2 heteroatoms. The molecule has 2 N–H and O–H groups in total. The third-order valence-corrected chi connectivity index (χ3v) is 11.0. The van der Waals surface area contributed by atoms with Crippen molar-refractivity contribution < 1.29 is 10.2 Å². The van der Waals surface area contributed by atoms with Crippen LogP contribution < -0.4 is 0 Å². The Bertz CT molecular complexity index is 653. The summed E-state index contributed by atoms with van der Waals surface area (Å²) in [5.74, 6) is 4.24. The quantitative estimate of drug-likeness (QED) is 0.463. The smallest absolute Gasteiger partial charge is 0.0682 e. The monoisotopic (exact) mass is 416 g/mol. The van der Waals surface area contributed by atoms with Gasteiger partial charge < -0.3 is 10.2 Å². The number of hydrogen-bond donors (Lipinski definition) is 2. The first kappa shape index (κ1) is 22.8. The van der Waals surface area contributed by atoms with Crippen LogP contribution in [0, 0.1) is 40.4 Å². The van der Waals surface area contributed by atoms with Crippen molar-refractivity contribution in [1.82, 2.24) is 0 Å². The summed E-state index contributed by atoms with van der Waals surface area (Å²) in [5.41, 5.74) is 2.02. The molecule has 0 aliphatic heterocycles. The van der Waals surface area contributed by atoms with Crippen molar-refractivity contribution in [3.63, 3.8) is 0 Å². The van der Waals surface area contributed by atoms with E-state index >= 15 is 0 Å². The Labute approximate surface area is 185 Å². The Morgan fingerprint density at radius 2 is 1.80 bits per heavy atom. The molecule has 0 spiro atoms. The van der Waals surface area contributed by atoms with E-state index in [9.17, 15) is 10.2 Å². The molecule has 0 bridgehead atoms. The molecule has 0 amide bonds. The van der Waals surface area contributed by atoms with E-state index in [1.807, 2.05) is 6.92 Å². The number of hydrogen-bond acceptors (Lipinski definition) is 2.